The molecule has 2 aromatic carbocycles. The Kier molecular flexibility index (Phi) is 4.52. The Morgan fingerprint density at radius 1 is 0.714 bits per heavy atom. The summed E-state index contributed by atoms with van der Waals surface area (Å²) >= 11 is 0. The number of nitrogens with one attached hydrogen (secondary N) is 2. The number of pyridine rings is 1. The zero-order chi connectivity index (χ0) is 19.6. The molecular formula is C20H14F3N5. The van der Waals surface area contributed by atoms with Crippen LogP contribution in [0.4, 0.5) is 36.3 Å². The highest BCUT2D eigenvalue weighted by atomic mass is 19.4. The van der Waals surface area contributed by atoms with Crippen molar-refractivity contribution in [3.05, 3.63) is 78.6 Å². The molecule has 28 heavy (non-hydrogen) atoms. The van der Waals surface area contributed by atoms with Crippen LogP contribution in [0.3, 0.4) is 0 Å². The molecule has 0 aliphatic rings. The van der Waals surface area contributed by atoms with Crippen molar-refractivity contribution < 1.29 is 13.2 Å². The van der Waals surface area contributed by atoms with Gasteiger partial charge >= 0.3 is 6.18 Å². The van der Waals surface area contributed by atoms with Gasteiger partial charge in [0, 0.05) is 17.8 Å². The van der Waals surface area contributed by atoms with Crippen LogP contribution in [0.25, 0.3) is 10.9 Å². The molecule has 8 heteroatoms. The Hall–Kier alpha value is -3.68. The van der Waals surface area contributed by atoms with E-state index in [0.29, 0.717) is 5.82 Å². The third-order valence-electron chi connectivity index (χ3n) is 4.03. The lowest BCUT2D eigenvalue weighted by Gasteiger charge is -2.14. The highest BCUT2D eigenvalue weighted by Gasteiger charge is 2.33. The molecule has 2 heterocycles. The number of nitrogens with zero attached hydrogens (tertiary/aromatic N) is 3. The van der Waals surface area contributed by atoms with Crippen LogP contribution in [0.15, 0.2) is 73.1 Å². The summed E-state index contributed by atoms with van der Waals surface area (Å²) in [5.41, 5.74) is 0.605. The lowest BCUT2D eigenvalue weighted by atomic mass is 10.1. The first kappa shape index (κ1) is 17.7. The first-order chi connectivity index (χ1) is 13.5. The summed E-state index contributed by atoms with van der Waals surface area (Å²) in [7, 11) is 0. The summed E-state index contributed by atoms with van der Waals surface area (Å²) in [6.45, 7) is 0. The Balaban J connectivity index is 1.63. The van der Waals surface area contributed by atoms with Crippen molar-refractivity contribution in [3.8, 4) is 0 Å². The van der Waals surface area contributed by atoms with Gasteiger partial charge in [-0.3, -0.25) is 4.98 Å². The van der Waals surface area contributed by atoms with Gasteiger partial charge in [-0.1, -0.05) is 30.3 Å². The predicted molar refractivity (Wildman–Crippen MR) is 102 cm³/mol. The molecule has 0 amide bonds. The van der Waals surface area contributed by atoms with Gasteiger partial charge in [0.25, 0.3) is 0 Å². The van der Waals surface area contributed by atoms with E-state index in [2.05, 4.69) is 25.6 Å². The van der Waals surface area contributed by atoms with Crippen molar-refractivity contribution in [1.82, 2.24) is 15.0 Å². The quantitative estimate of drug-likeness (QED) is 0.487. The zero-order valence-corrected chi connectivity index (χ0v) is 14.4. The number of alkyl halides is 3. The fraction of sp³-hybridized carbons (Fsp3) is 0.0500. The molecule has 5 nitrogen and oxygen atoms in total. The molecule has 2 aromatic heterocycles. The smallest absolute Gasteiger partial charge is 0.338 e. The number of benzene rings is 2. The molecule has 0 atom stereocenters. The second kappa shape index (κ2) is 7.15. The lowest BCUT2D eigenvalue weighted by Crippen LogP contribution is -2.09. The number of aromatic nitrogens is 3. The Bertz CT molecular complexity index is 1120. The highest BCUT2D eigenvalue weighted by molar-refractivity contribution is 5.91. The second-order valence-electron chi connectivity index (χ2n) is 5.94. The molecule has 4 rings (SSSR count). The van der Waals surface area contributed by atoms with Gasteiger partial charge in [-0.25, -0.2) is 4.98 Å². The summed E-state index contributed by atoms with van der Waals surface area (Å²) in [6.07, 6.45) is -1.32. The molecule has 140 valence electrons. The molecule has 0 fully saturated rings. The Labute approximate surface area is 158 Å². The maximum Gasteiger partial charge on any atom is 0.418 e. The molecule has 0 saturated heterocycles. The molecule has 0 saturated carbocycles. The van der Waals surface area contributed by atoms with Crippen LogP contribution in [0.1, 0.15) is 5.56 Å². The zero-order valence-electron chi connectivity index (χ0n) is 14.4. The standard InChI is InChI=1S/C20H14F3N5/c21-20(22,23)14-7-1-2-8-15(14)27-19-25-12-10-17(28-19)26-16-9-3-5-13-6-4-11-24-18(13)16/h1-12H,(H2,25,26,27,28). The van der Waals surface area contributed by atoms with E-state index in [9.17, 15) is 13.2 Å². The van der Waals surface area contributed by atoms with Crippen molar-refractivity contribution in [3.63, 3.8) is 0 Å². The molecule has 0 aliphatic carbocycles. The van der Waals surface area contributed by atoms with Crippen LogP contribution < -0.4 is 10.6 Å². The lowest BCUT2D eigenvalue weighted by molar-refractivity contribution is -0.136. The molecule has 0 spiro atoms. The molecule has 0 aliphatic heterocycles. The third kappa shape index (κ3) is 3.71. The summed E-state index contributed by atoms with van der Waals surface area (Å²) < 4.78 is 39.5. The molecule has 4 aromatic rings. The van der Waals surface area contributed by atoms with E-state index in [-0.39, 0.29) is 11.6 Å². The van der Waals surface area contributed by atoms with Crippen LogP contribution in [-0.4, -0.2) is 15.0 Å². The van der Waals surface area contributed by atoms with Crippen molar-refractivity contribution in [2.75, 3.05) is 10.6 Å². The largest absolute Gasteiger partial charge is 0.418 e. The third-order valence-corrected chi connectivity index (χ3v) is 4.03. The number of rotatable bonds is 4. The van der Waals surface area contributed by atoms with Crippen molar-refractivity contribution >= 4 is 34.0 Å². The summed E-state index contributed by atoms with van der Waals surface area (Å²) in [4.78, 5) is 12.6. The molecule has 0 unspecified atom stereocenters. The summed E-state index contributed by atoms with van der Waals surface area (Å²) in [5, 5.41) is 6.74. The van der Waals surface area contributed by atoms with Gasteiger partial charge in [-0.05, 0) is 30.3 Å². The van der Waals surface area contributed by atoms with Gasteiger partial charge in [0.2, 0.25) is 5.95 Å². The molecule has 0 bridgehead atoms. The van der Waals surface area contributed by atoms with Crippen molar-refractivity contribution in [2.45, 2.75) is 6.18 Å². The number of fused-ring (bicyclic) bond motifs is 1. The minimum absolute atomic E-state index is 0.0508. The van der Waals surface area contributed by atoms with Gasteiger partial charge < -0.3 is 10.6 Å². The minimum Gasteiger partial charge on any atom is -0.338 e. The van der Waals surface area contributed by atoms with Crippen molar-refractivity contribution in [2.24, 2.45) is 0 Å². The molecule has 0 radical (unpaired) electrons. The maximum absolute atomic E-state index is 13.2. The first-order valence-electron chi connectivity index (χ1n) is 8.38. The molecule has 2 N–H and O–H groups in total. The fourth-order valence-corrected chi connectivity index (χ4v) is 2.79. The van der Waals surface area contributed by atoms with E-state index in [0.717, 1.165) is 22.7 Å². The van der Waals surface area contributed by atoms with Gasteiger partial charge in [-0.15, -0.1) is 0 Å². The number of halogens is 3. The first-order valence-corrected chi connectivity index (χ1v) is 8.38. The number of hydrogen-bond donors (Lipinski definition) is 2. The van der Waals surface area contributed by atoms with Gasteiger partial charge in [0.05, 0.1) is 22.5 Å². The van der Waals surface area contributed by atoms with Gasteiger partial charge in [0.1, 0.15) is 5.82 Å². The number of anilines is 4. The van der Waals surface area contributed by atoms with Crippen LogP contribution in [-0.2, 0) is 6.18 Å². The average molecular weight is 381 g/mol. The summed E-state index contributed by atoms with van der Waals surface area (Å²) in [6, 6.07) is 16.3. The van der Waals surface area contributed by atoms with Crippen molar-refractivity contribution in [1.29, 1.82) is 0 Å². The predicted octanol–water partition coefficient (Wildman–Crippen LogP) is 5.53. The normalized spacial score (nSPS) is 11.4. The number of para-hydroxylation sites is 2. The van der Waals surface area contributed by atoms with E-state index in [1.807, 2.05) is 30.3 Å². The average Bonchev–Trinajstić information content (AvgIpc) is 2.68. The Morgan fingerprint density at radius 2 is 1.50 bits per heavy atom. The SMILES string of the molecule is FC(F)(F)c1ccccc1Nc1nccc(Nc2cccc3cccnc23)n1. The van der Waals surface area contributed by atoms with Crippen LogP contribution >= 0.6 is 0 Å². The molecular weight excluding hydrogens is 367 g/mol. The van der Waals surface area contributed by atoms with Gasteiger partial charge in [0.15, 0.2) is 0 Å². The topological polar surface area (TPSA) is 62.7 Å². The van der Waals surface area contributed by atoms with Crippen LogP contribution in [0, 0.1) is 0 Å². The highest BCUT2D eigenvalue weighted by Crippen LogP contribution is 2.35. The maximum atomic E-state index is 13.2. The fourth-order valence-electron chi connectivity index (χ4n) is 2.79. The Morgan fingerprint density at radius 3 is 2.36 bits per heavy atom. The minimum atomic E-state index is -4.48. The summed E-state index contributed by atoms with van der Waals surface area (Å²) in [5.74, 6) is 0.482. The van der Waals surface area contributed by atoms with Crippen LogP contribution in [0.5, 0.6) is 0 Å². The van der Waals surface area contributed by atoms with E-state index < -0.39 is 11.7 Å². The van der Waals surface area contributed by atoms with Crippen LogP contribution in [0.2, 0.25) is 0 Å². The number of hydrogen-bond acceptors (Lipinski definition) is 5. The van der Waals surface area contributed by atoms with E-state index in [4.69, 9.17) is 0 Å². The second-order valence-corrected chi connectivity index (χ2v) is 5.94. The van der Waals surface area contributed by atoms with Gasteiger partial charge in [-0.2, -0.15) is 18.2 Å². The van der Waals surface area contributed by atoms with E-state index in [1.54, 1.807) is 12.3 Å². The van der Waals surface area contributed by atoms with E-state index >= 15 is 0 Å². The monoisotopic (exact) mass is 381 g/mol. The van der Waals surface area contributed by atoms with E-state index in [1.165, 1.54) is 24.4 Å².